The summed E-state index contributed by atoms with van der Waals surface area (Å²) in [4.78, 5) is 0. The summed E-state index contributed by atoms with van der Waals surface area (Å²) in [5, 5.41) is 0. The zero-order chi connectivity index (χ0) is 8.85. The summed E-state index contributed by atoms with van der Waals surface area (Å²) < 4.78 is 0.744. The fourth-order valence-corrected chi connectivity index (χ4v) is 1.54. The van der Waals surface area contributed by atoms with Crippen LogP contribution in [0, 0.1) is 5.92 Å². The minimum atomic E-state index is 0.506. The average Bonchev–Trinajstić information content (AvgIpc) is 1.87. The van der Waals surface area contributed by atoms with Crippen LogP contribution in [0.1, 0.15) is 33.6 Å². The maximum Gasteiger partial charge on any atom is 0.0706 e. The highest BCUT2D eigenvalue weighted by atomic mass is 32.1. The second-order valence-corrected chi connectivity index (χ2v) is 4.07. The summed E-state index contributed by atoms with van der Waals surface area (Å²) in [5.74, 6) is 0.506. The van der Waals surface area contributed by atoms with E-state index in [1.807, 2.05) is 0 Å². The van der Waals surface area contributed by atoms with Gasteiger partial charge >= 0.3 is 0 Å². The van der Waals surface area contributed by atoms with Gasteiger partial charge in [0.15, 0.2) is 0 Å². The van der Waals surface area contributed by atoms with Gasteiger partial charge in [-0.2, -0.15) is 0 Å². The van der Waals surface area contributed by atoms with Crippen LogP contribution < -0.4 is 0 Å². The summed E-state index contributed by atoms with van der Waals surface area (Å²) in [6, 6.07) is 0. The molecule has 0 radical (unpaired) electrons. The highest BCUT2D eigenvalue weighted by Crippen LogP contribution is 2.15. The van der Waals surface area contributed by atoms with Crippen LogP contribution in [0.15, 0.2) is 11.6 Å². The molecule has 0 aliphatic carbocycles. The normalized spacial score (nSPS) is 12.3. The molecule has 0 N–H and O–H groups in total. The lowest BCUT2D eigenvalue weighted by atomic mass is 10.0. The van der Waals surface area contributed by atoms with Crippen molar-refractivity contribution >= 4 is 29.0 Å². The molecule has 0 atom stereocenters. The van der Waals surface area contributed by atoms with E-state index in [1.165, 1.54) is 12.0 Å². The molecule has 0 aromatic heterocycles. The zero-order valence-electron chi connectivity index (χ0n) is 7.42. The van der Waals surface area contributed by atoms with Gasteiger partial charge in [-0.15, -0.1) is 12.6 Å². The number of thiocarbonyl (C=S) groups is 1. The van der Waals surface area contributed by atoms with Crippen LogP contribution in [0.25, 0.3) is 0 Å². The number of hydrogen-bond acceptors (Lipinski definition) is 1. The van der Waals surface area contributed by atoms with E-state index in [4.69, 9.17) is 12.2 Å². The third kappa shape index (κ3) is 4.59. The molecule has 0 fully saturated rings. The van der Waals surface area contributed by atoms with Gasteiger partial charge in [0.25, 0.3) is 0 Å². The molecule has 0 heterocycles. The first-order valence-electron chi connectivity index (χ1n) is 4.03. The quantitative estimate of drug-likeness (QED) is 0.399. The standard InChI is InChI=1S/C9H16S2/c1-4-5-6-8(7(2)3)9(10)11/h6-7H,4-5H2,1-3H3,(H,10,11). The molecule has 0 aromatic rings. The van der Waals surface area contributed by atoms with Crippen LogP contribution in [-0.2, 0) is 0 Å². The number of rotatable bonds is 4. The Balaban J connectivity index is 4.21. The minimum absolute atomic E-state index is 0.506. The summed E-state index contributed by atoms with van der Waals surface area (Å²) in [6.07, 6.45) is 4.47. The maximum absolute atomic E-state index is 5.00. The van der Waals surface area contributed by atoms with Crippen LogP contribution >= 0.6 is 24.8 Å². The highest BCUT2D eigenvalue weighted by molar-refractivity contribution is 8.11. The molecule has 0 amide bonds. The lowest BCUT2D eigenvalue weighted by molar-refractivity contribution is 0.795. The van der Waals surface area contributed by atoms with Gasteiger partial charge in [-0.1, -0.05) is 45.5 Å². The van der Waals surface area contributed by atoms with Crippen molar-refractivity contribution < 1.29 is 0 Å². The molecule has 64 valence electrons. The van der Waals surface area contributed by atoms with Gasteiger partial charge in [-0.05, 0) is 17.9 Å². The Kier molecular flexibility index (Phi) is 5.88. The Morgan fingerprint density at radius 2 is 2.09 bits per heavy atom. The lowest BCUT2D eigenvalue weighted by Gasteiger charge is -2.08. The molecular weight excluding hydrogens is 172 g/mol. The Hall–Kier alpha value is 0.180. The van der Waals surface area contributed by atoms with Gasteiger partial charge in [0, 0.05) is 0 Å². The molecule has 0 aliphatic rings. The van der Waals surface area contributed by atoms with E-state index in [2.05, 4.69) is 39.5 Å². The van der Waals surface area contributed by atoms with E-state index in [0.717, 1.165) is 10.6 Å². The molecule has 0 nitrogen and oxygen atoms in total. The first-order valence-corrected chi connectivity index (χ1v) is 4.88. The number of unbranched alkanes of at least 4 members (excludes halogenated alkanes) is 1. The van der Waals surface area contributed by atoms with E-state index >= 15 is 0 Å². The van der Waals surface area contributed by atoms with Gasteiger partial charge in [0.05, 0.1) is 4.20 Å². The number of allylic oxidation sites excluding steroid dienone is 1. The second-order valence-electron chi connectivity index (χ2n) is 2.91. The minimum Gasteiger partial charge on any atom is -0.132 e. The van der Waals surface area contributed by atoms with E-state index < -0.39 is 0 Å². The van der Waals surface area contributed by atoms with Crippen molar-refractivity contribution in [3.63, 3.8) is 0 Å². The van der Waals surface area contributed by atoms with Gasteiger partial charge < -0.3 is 0 Å². The fraction of sp³-hybridized carbons (Fsp3) is 0.667. The fourth-order valence-electron chi connectivity index (χ4n) is 0.870. The number of hydrogen-bond donors (Lipinski definition) is 1. The van der Waals surface area contributed by atoms with Gasteiger partial charge in [0.1, 0.15) is 0 Å². The Labute approximate surface area is 80.5 Å². The van der Waals surface area contributed by atoms with Crippen molar-refractivity contribution in [2.45, 2.75) is 33.6 Å². The molecule has 0 spiro atoms. The smallest absolute Gasteiger partial charge is 0.0706 e. The van der Waals surface area contributed by atoms with Crippen molar-refractivity contribution in [2.24, 2.45) is 5.92 Å². The molecule has 11 heavy (non-hydrogen) atoms. The van der Waals surface area contributed by atoms with Crippen LogP contribution in [0.5, 0.6) is 0 Å². The second kappa shape index (κ2) is 5.78. The van der Waals surface area contributed by atoms with Crippen LogP contribution in [0.2, 0.25) is 0 Å². The van der Waals surface area contributed by atoms with Crippen LogP contribution in [0.4, 0.5) is 0 Å². The molecule has 0 unspecified atom stereocenters. The topological polar surface area (TPSA) is 0 Å². The van der Waals surface area contributed by atoms with Gasteiger partial charge in [-0.25, -0.2) is 0 Å². The Morgan fingerprint density at radius 1 is 1.55 bits per heavy atom. The first-order chi connectivity index (χ1) is 5.09. The van der Waals surface area contributed by atoms with Crippen molar-refractivity contribution in [3.05, 3.63) is 11.6 Å². The monoisotopic (exact) mass is 188 g/mol. The predicted molar refractivity (Wildman–Crippen MR) is 59.4 cm³/mol. The van der Waals surface area contributed by atoms with E-state index in [9.17, 15) is 0 Å². The van der Waals surface area contributed by atoms with Gasteiger partial charge in [-0.3, -0.25) is 0 Å². The van der Waals surface area contributed by atoms with Crippen LogP contribution in [0.3, 0.4) is 0 Å². The van der Waals surface area contributed by atoms with Crippen molar-refractivity contribution in [1.29, 1.82) is 0 Å². The molecule has 2 heteroatoms. The predicted octanol–water partition coefficient (Wildman–Crippen LogP) is 3.63. The Morgan fingerprint density at radius 3 is 2.36 bits per heavy atom. The molecule has 0 aliphatic heterocycles. The van der Waals surface area contributed by atoms with Crippen molar-refractivity contribution in [2.75, 3.05) is 0 Å². The molecule has 0 aromatic carbocycles. The molecule has 0 saturated carbocycles. The molecule has 0 saturated heterocycles. The summed E-state index contributed by atoms with van der Waals surface area (Å²) >= 11 is 9.17. The molecule has 0 rings (SSSR count). The Bertz CT molecular complexity index is 157. The lowest BCUT2D eigenvalue weighted by Crippen LogP contribution is -1.99. The SMILES string of the molecule is CCCC=C(C(=S)S)C(C)C. The van der Waals surface area contributed by atoms with Crippen molar-refractivity contribution in [1.82, 2.24) is 0 Å². The van der Waals surface area contributed by atoms with Gasteiger partial charge in [0.2, 0.25) is 0 Å². The van der Waals surface area contributed by atoms with Crippen LogP contribution in [-0.4, -0.2) is 4.20 Å². The van der Waals surface area contributed by atoms with E-state index in [0.29, 0.717) is 5.92 Å². The summed E-state index contributed by atoms with van der Waals surface area (Å²) in [6.45, 7) is 6.45. The molecule has 0 bridgehead atoms. The highest BCUT2D eigenvalue weighted by Gasteiger charge is 2.04. The van der Waals surface area contributed by atoms with E-state index in [-0.39, 0.29) is 0 Å². The summed E-state index contributed by atoms with van der Waals surface area (Å²) in [5.41, 5.74) is 1.21. The average molecular weight is 188 g/mol. The number of thiol groups is 1. The summed E-state index contributed by atoms with van der Waals surface area (Å²) in [7, 11) is 0. The zero-order valence-corrected chi connectivity index (χ0v) is 9.14. The third-order valence-corrected chi connectivity index (χ3v) is 2.02. The molecular formula is C9H16S2. The maximum atomic E-state index is 5.00. The first kappa shape index (κ1) is 11.2. The van der Waals surface area contributed by atoms with E-state index in [1.54, 1.807) is 0 Å². The van der Waals surface area contributed by atoms with Crippen molar-refractivity contribution in [3.8, 4) is 0 Å². The third-order valence-electron chi connectivity index (χ3n) is 1.52. The largest absolute Gasteiger partial charge is 0.132 e.